The number of aliphatic carboxylic acids is 1. The van der Waals surface area contributed by atoms with Crippen molar-refractivity contribution in [3.05, 3.63) is 12.2 Å². The number of ether oxygens (including phenoxy) is 3. The normalized spacial score (nSPS) is 42.1. The third-order valence-corrected chi connectivity index (χ3v) is 3.78. The SMILES string of the molecule is C=C(C)C(=O)OC1C2OC(=O)C3C2OC1C3C(=O)O. The van der Waals surface area contributed by atoms with Gasteiger partial charge in [-0.3, -0.25) is 9.59 Å². The number of rotatable bonds is 3. The van der Waals surface area contributed by atoms with Gasteiger partial charge in [-0.2, -0.15) is 0 Å². The Kier molecular flexibility index (Phi) is 2.43. The molecule has 3 saturated heterocycles. The monoisotopic (exact) mass is 268 g/mol. The molecule has 2 bridgehead atoms. The van der Waals surface area contributed by atoms with Gasteiger partial charge in [0.1, 0.15) is 24.0 Å². The van der Waals surface area contributed by atoms with Crippen molar-refractivity contribution in [2.75, 3.05) is 0 Å². The fraction of sp³-hybridized carbons (Fsp3) is 0.583. The lowest BCUT2D eigenvalue weighted by Crippen LogP contribution is -2.47. The fourth-order valence-corrected chi connectivity index (χ4v) is 2.98. The zero-order valence-corrected chi connectivity index (χ0v) is 10.1. The number of hydrogen-bond acceptors (Lipinski definition) is 6. The van der Waals surface area contributed by atoms with Gasteiger partial charge in [-0.1, -0.05) is 6.58 Å². The van der Waals surface area contributed by atoms with Crippen LogP contribution in [0.1, 0.15) is 6.92 Å². The first-order valence-corrected chi connectivity index (χ1v) is 5.87. The number of esters is 2. The van der Waals surface area contributed by atoms with E-state index in [-0.39, 0.29) is 5.57 Å². The minimum atomic E-state index is -1.15. The zero-order valence-electron chi connectivity index (χ0n) is 10.1. The van der Waals surface area contributed by atoms with E-state index < -0.39 is 54.2 Å². The quantitative estimate of drug-likeness (QED) is 0.544. The van der Waals surface area contributed by atoms with Crippen LogP contribution in [0.15, 0.2) is 12.2 Å². The molecule has 3 heterocycles. The first-order chi connectivity index (χ1) is 8.91. The molecule has 19 heavy (non-hydrogen) atoms. The van der Waals surface area contributed by atoms with Crippen LogP contribution < -0.4 is 0 Å². The summed E-state index contributed by atoms with van der Waals surface area (Å²) in [7, 11) is 0. The van der Waals surface area contributed by atoms with Crippen LogP contribution in [0, 0.1) is 11.8 Å². The van der Waals surface area contributed by atoms with Crippen LogP contribution in [0.5, 0.6) is 0 Å². The zero-order chi connectivity index (χ0) is 13.9. The van der Waals surface area contributed by atoms with Crippen LogP contribution in [0.2, 0.25) is 0 Å². The average Bonchev–Trinajstić information content (AvgIpc) is 2.91. The van der Waals surface area contributed by atoms with E-state index in [9.17, 15) is 19.5 Å². The Labute approximate surface area is 108 Å². The second-order valence-electron chi connectivity index (χ2n) is 5.01. The van der Waals surface area contributed by atoms with Gasteiger partial charge in [0.05, 0.1) is 0 Å². The van der Waals surface area contributed by atoms with Crippen LogP contribution in [0.3, 0.4) is 0 Å². The molecule has 0 aromatic rings. The van der Waals surface area contributed by atoms with Gasteiger partial charge in [0.25, 0.3) is 0 Å². The summed E-state index contributed by atoms with van der Waals surface area (Å²) in [6.45, 7) is 4.93. The topological polar surface area (TPSA) is 99.1 Å². The summed E-state index contributed by atoms with van der Waals surface area (Å²) in [5.41, 5.74) is 0.190. The highest BCUT2D eigenvalue weighted by Gasteiger charge is 2.71. The highest BCUT2D eigenvalue weighted by atomic mass is 16.7. The molecule has 0 saturated carbocycles. The van der Waals surface area contributed by atoms with Crippen LogP contribution in [-0.2, 0) is 28.6 Å². The molecule has 0 aliphatic carbocycles. The summed E-state index contributed by atoms with van der Waals surface area (Å²) in [6, 6.07) is 0. The Morgan fingerprint density at radius 2 is 2.00 bits per heavy atom. The fourth-order valence-electron chi connectivity index (χ4n) is 2.98. The summed E-state index contributed by atoms with van der Waals surface area (Å²) in [4.78, 5) is 34.4. The lowest BCUT2D eigenvalue weighted by molar-refractivity contribution is -0.158. The second kappa shape index (κ2) is 3.80. The number of carboxylic acid groups (broad SMARTS) is 1. The van der Waals surface area contributed by atoms with Crippen molar-refractivity contribution in [1.82, 2.24) is 0 Å². The van der Waals surface area contributed by atoms with E-state index in [1.54, 1.807) is 0 Å². The standard InChI is InChI=1S/C12H12O7/c1-3(2)11(15)18-8-6-4(10(13)14)5-7(17-6)9(8)19-12(5)16/h4-9H,1H2,2H3,(H,13,14). The molecule has 6 unspecified atom stereocenters. The molecule has 6 atom stereocenters. The smallest absolute Gasteiger partial charge is 0.333 e. The Morgan fingerprint density at radius 1 is 1.32 bits per heavy atom. The molecule has 1 N–H and O–H groups in total. The third kappa shape index (κ3) is 1.51. The van der Waals surface area contributed by atoms with Gasteiger partial charge in [-0.05, 0) is 6.92 Å². The lowest BCUT2D eigenvalue weighted by atomic mass is 9.78. The summed E-state index contributed by atoms with van der Waals surface area (Å²) in [5.74, 6) is -4.22. The molecular weight excluding hydrogens is 256 g/mol. The molecule has 3 fully saturated rings. The molecule has 7 heteroatoms. The largest absolute Gasteiger partial charge is 0.481 e. The van der Waals surface area contributed by atoms with Crippen LogP contribution in [-0.4, -0.2) is 47.4 Å². The van der Waals surface area contributed by atoms with Crippen molar-refractivity contribution in [1.29, 1.82) is 0 Å². The average molecular weight is 268 g/mol. The van der Waals surface area contributed by atoms with E-state index in [0.717, 1.165) is 0 Å². The molecular formula is C12H12O7. The van der Waals surface area contributed by atoms with Crippen molar-refractivity contribution < 1.29 is 33.7 Å². The third-order valence-electron chi connectivity index (χ3n) is 3.78. The van der Waals surface area contributed by atoms with Crippen LogP contribution in [0.25, 0.3) is 0 Å². The van der Waals surface area contributed by atoms with Crippen LogP contribution in [0.4, 0.5) is 0 Å². The highest BCUT2D eigenvalue weighted by Crippen LogP contribution is 2.51. The van der Waals surface area contributed by atoms with Crippen molar-refractivity contribution >= 4 is 17.9 Å². The number of carbonyl (C=O) groups is 3. The Bertz CT molecular complexity index is 496. The Hall–Kier alpha value is -1.89. The van der Waals surface area contributed by atoms with Gasteiger partial charge in [-0.25, -0.2) is 4.79 Å². The predicted molar refractivity (Wildman–Crippen MR) is 57.9 cm³/mol. The highest BCUT2D eigenvalue weighted by molar-refractivity contribution is 5.88. The second-order valence-corrected chi connectivity index (χ2v) is 5.01. The molecule has 7 nitrogen and oxygen atoms in total. The van der Waals surface area contributed by atoms with Gasteiger partial charge in [0.2, 0.25) is 0 Å². The van der Waals surface area contributed by atoms with E-state index >= 15 is 0 Å². The van der Waals surface area contributed by atoms with Crippen molar-refractivity contribution in [3.63, 3.8) is 0 Å². The first kappa shape index (κ1) is 12.2. The maximum Gasteiger partial charge on any atom is 0.333 e. The van der Waals surface area contributed by atoms with Gasteiger partial charge in [0, 0.05) is 5.57 Å². The minimum absolute atomic E-state index is 0.190. The number of fused-ring (bicyclic) bond motifs is 1. The van der Waals surface area contributed by atoms with Gasteiger partial charge >= 0.3 is 17.9 Å². The van der Waals surface area contributed by atoms with Gasteiger partial charge in [-0.15, -0.1) is 0 Å². The molecule has 3 aliphatic heterocycles. The van der Waals surface area contributed by atoms with E-state index in [2.05, 4.69) is 6.58 Å². The van der Waals surface area contributed by atoms with E-state index in [1.165, 1.54) is 6.92 Å². The van der Waals surface area contributed by atoms with Gasteiger partial charge in [0.15, 0.2) is 12.2 Å². The summed E-state index contributed by atoms with van der Waals surface area (Å²) in [6.07, 6.45) is -3.06. The van der Waals surface area contributed by atoms with Crippen LogP contribution >= 0.6 is 0 Å². The molecule has 3 rings (SSSR count). The maximum absolute atomic E-state index is 11.6. The molecule has 3 aliphatic rings. The number of hydrogen-bond donors (Lipinski definition) is 1. The molecule has 0 aromatic carbocycles. The van der Waals surface area contributed by atoms with E-state index in [0.29, 0.717) is 0 Å². The van der Waals surface area contributed by atoms with E-state index in [1.807, 2.05) is 0 Å². The summed E-state index contributed by atoms with van der Waals surface area (Å²) >= 11 is 0. The molecule has 0 aromatic heterocycles. The number of carboxylic acids is 1. The Balaban J connectivity index is 1.88. The first-order valence-electron chi connectivity index (χ1n) is 5.87. The lowest BCUT2D eigenvalue weighted by Gasteiger charge is -2.25. The van der Waals surface area contributed by atoms with Crippen molar-refractivity contribution in [2.45, 2.75) is 31.3 Å². The molecule has 0 radical (unpaired) electrons. The van der Waals surface area contributed by atoms with Crippen molar-refractivity contribution in [2.24, 2.45) is 11.8 Å². The molecule has 0 amide bonds. The Morgan fingerprint density at radius 3 is 2.58 bits per heavy atom. The van der Waals surface area contributed by atoms with E-state index in [4.69, 9.17) is 14.2 Å². The predicted octanol–water partition coefficient (Wildman–Crippen LogP) is -0.502. The minimum Gasteiger partial charge on any atom is -0.481 e. The summed E-state index contributed by atoms with van der Waals surface area (Å²) in [5, 5.41) is 9.19. The molecule has 102 valence electrons. The van der Waals surface area contributed by atoms with Crippen molar-refractivity contribution in [3.8, 4) is 0 Å². The molecule has 0 spiro atoms. The van der Waals surface area contributed by atoms with Gasteiger partial charge < -0.3 is 19.3 Å². The summed E-state index contributed by atoms with van der Waals surface area (Å²) < 4.78 is 15.7. The number of carbonyl (C=O) groups excluding carboxylic acids is 2. The maximum atomic E-state index is 11.6.